The third-order valence-corrected chi connectivity index (χ3v) is 13.6. The number of carbonyl (C=O) groups excluding carboxylic acids is 5. The molecule has 14 nitrogen and oxygen atoms in total. The van der Waals surface area contributed by atoms with E-state index in [-0.39, 0.29) is 24.4 Å². The summed E-state index contributed by atoms with van der Waals surface area (Å²) >= 11 is 0. The van der Waals surface area contributed by atoms with Gasteiger partial charge >= 0.3 is 11.9 Å². The van der Waals surface area contributed by atoms with Crippen LogP contribution in [-0.2, 0) is 42.9 Å². The van der Waals surface area contributed by atoms with Gasteiger partial charge in [-0.15, -0.1) is 0 Å². The van der Waals surface area contributed by atoms with Crippen LogP contribution >= 0.6 is 0 Å². The maximum Gasteiger partial charge on any atom is 0.303 e. The van der Waals surface area contributed by atoms with Crippen molar-refractivity contribution in [3.63, 3.8) is 0 Å². The highest BCUT2D eigenvalue weighted by Crippen LogP contribution is 2.74. The van der Waals surface area contributed by atoms with Crippen molar-refractivity contribution < 1.29 is 68.5 Å². The molecule has 1 heterocycles. The molecular formula is C40H56O14. The van der Waals surface area contributed by atoms with Gasteiger partial charge in [0.05, 0.1) is 12.0 Å². The number of Topliss-reactive ketones (excluding diaryl/α,β-unsaturated/α-hetero) is 2. The number of aliphatic hydroxyl groups is 5. The molecule has 0 radical (unpaired) electrons. The van der Waals surface area contributed by atoms with Gasteiger partial charge in [-0.2, -0.15) is 0 Å². The molecule has 0 amide bonds. The molecule has 0 bridgehead atoms. The fraction of sp³-hybridized carbons (Fsp3) is 0.725. The predicted octanol–water partition coefficient (Wildman–Crippen LogP) is 2.02. The second kappa shape index (κ2) is 13.7. The summed E-state index contributed by atoms with van der Waals surface area (Å²) in [7, 11) is 0. The Bertz CT molecular complexity index is 1690. The quantitative estimate of drug-likeness (QED) is 0.129. The minimum absolute atomic E-state index is 0.111. The number of hydrogen-bond acceptors (Lipinski definition) is 14. The van der Waals surface area contributed by atoms with E-state index >= 15 is 0 Å². The summed E-state index contributed by atoms with van der Waals surface area (Å²) in [6.07, 6.45) is -2.51. The second-order valence-electron chi connectivity index (χ2n) is 17.8. The minimum Gasteiger partial charge on any atom is -0.462 e. The Balaban J connectivity index is 1.57. The van der Waals surface area contributed by atoms with E-state index in [0.717, 1.165) is 6.08 Å². The van der Waals surface area contributed by atoms with Crippen LogP contribution in [0.15, 0.2) is 35.6 Å². The van der Waals surface area contributed by atoms with E-state index in [1.54, 1.807) is 33.8 Å². The number of allylic oxidation sites excluding steroid dienone is 4. The molecule has 0 aromatic carbocycles. The van der Waals surface area contributed by atoms with Gasteiger partial charge in [-0.05, 0) is 82.4 Å². The Kier molecular flexibility index (Phi) is 10.7. The van der Waals surface area contributed by atoms with Gasteiger partial charge < -0.3 is 44.5 Å². The molecule has 5 aliphatic rings. The fourth-order valence-electron chi connectivity index (χ4n) is 10.6. The van der Waals surface area contributed by atoms with E-state index in [4.69, 9.17) is 18.9 Å². The fourth-order valence-corrected chi connectivity index (χ4v) is 10.6. The number of esters is 2. The topological polar surface area (TPSA) is 223 Å². The first-order valence-electron chi connectivity index (χ1n) is 18.5. The average molecular weight is 761 g/mol. The molecule has 5 N–H and O–H groups in total. The van der Waals surface area contributed by atoms with Gasteiger partial charge in [0.1, 0.15) is 47.5 Å². The molecule has 13 atom stereocenters. The number of carbonyl (C=O) groups is 5. The molecule has 5 rings (SSSR count). The van der Waals surface area contributed by atoms with Crippen molar-refractivity contribution in [3.05, 3.63) is 35.6 Å². The van der Waals surface area contributed by atoms with Crippen LogP contribution in [0.5, 0.6) is 0 Å². The van der Waals surface area contributed by atoms with E-state index in [1.807, 2.05) is 26.8 Å². The lowest BCUT2D eigenvalue weighted by atomic mass is 9.39. The zero-order valence-electron chi connectivity index (χ0n) is 32.7. The lowest BCUT2D eigenvalue weighted by Gasteiger charge is -2.63. The minimum atomic E-state index is -2.13. The van der Waals surface area contributed by atoms with Crippen LogP contribution in [0.2, 0.25) is 0 Å². The summed E-state index contributed by atoms with van der Waals surface area (Å²) in [6, 6.07) is 0. The van der Waals surface area contributed by atoms with Gasteiger partial charge in [0, 0.05) is 37.5 Å². The van der Waals surface area contributed by atoms with Crippen molar-refractivity contribution in [1.82, 2.24) is 0 Å². The zero-order chi connectivity index (χ0) is 40.7. The summed E-state index contributed by atoms with van der Waals surface area (Å²) in [6.45, 7) is 15.4. The van der Waals surface area contributed by atoms with Crippen molar-refractivity contribution in [1.29, 1.82) is 0 Å². The first-order valence-corrected chi connectivity index (χ1v) is 18.5. The standard InChI is InChI=1S/C40H56O14/c1-19(42)51-24-16-37(7)26-12-11-21-22(15-23(33(49)36(21,5)6)52-34-31(48)30(47)29(46)25(18-41)53-34)39(26,9)28(45)17-38(37,8)32(24)40(10,50)27(44)13-14-35(3,4)54-20(2)43/h11,13-15,22,24-26,29-32,34,41,46-48,50H,12,16-18H2,1-10H3. The molecule has 0 spiro atoms. The molecule has 4 aliphatic carbocycles. The van der Waals surface area contributed by atoms with E-state index in [9.17, 15) is 49.5 Å². The zero-order valence-corrected chi connectivity index (χ0v) is 32.7. The van der Waals surface area contributed by atoms with Crippen molar-refractivity contribution in [2.45, 2.75) is 137 Å². The normalized spacial score (nSPS) is 41.4. The summed E-state index contributed by atoms with van der Waals surface area (Å²) in [5, 5.41) is 53.3. The molecule has 300 valence electrons. The van der Waals surface area contributed by atoms with Crippen LogP contribution in [0.3, 0.4) is 0 Å². The van der Waals surface area contributed by atoms with E-state index < -0.39 is 118 Å². The van der Waals surface area contributed by atoms with E-state index in [2.05, 4.69) is 0 Å². The molecule has 3 fully saturated rings. The number of aliphatic hydroxyl groups excluding tert-OH is 4. The van der Waals surface area contributed by atoms with Gasteiger partial charge in [0.15, 0.2) is 11.5 Å². The Labute approximate surface area is 315 Å². The number of rotatable bonds is 9. The third kappa shape index (κ3) is 6.40. The van der Waals surface area contributed by atoms with Crippen molar-refractivity contribution >= 4 is 29.3 Å². The molecule has 13 unspecified atom stereocenters. The average Bonchev–Trinajstić information content (AvgIpc) is 3.27. The Hall–Kier alpha value is -3.27. The lowest BCUT2D eigenvalue weighted by Crippen LogP contribution is -2.64. The van der Waals surface area contributed by atoms with Crippen molar-refractivity contribution in [2.24, 2.45) is 39.4 Å². The maximum atomic E-state index is 15.0. The van der Waals surface area contributed by atoms with Gasteiger partial charge in [-0.1, -0.05) is 32.4 Å². The molecule has 2 saturated carbocycles. The van der Waals surface area contributed by atoms with Crippen LogP contribution in [0.25, 0.3) is 0 Å². The monoisotopic (exact) mass is 760 g/mol. The summed E-state index contributed by atoms with van der Waals surface area (Å²) in [5.41, 5.74) is -6.86. The Morgan fingerprint density at radius 3 is 2.17 bits per heavy atom. The Morgan fingerprint density at radius 2 is 1.59 bits per heavy atom. The summed E-state index contributed by atoms with van der Waals surface area (Å²) < 4.78 is 22.7. The van der Waals surface area contributed by atoms with Crippen LogP contribution in [0, 0.1) is 39.4 Å². The van der Waals surface area contributed by atoms with E-state index in [1.165, 1.54) is 26.8 Å². The number of ether oxygens (including phenoxy) is 4. The van der Waals surface area contributed by atoms with Crippen LogP contribution in [0.4, 0.5) is 0 Å². The Morgan fingerprint density at radius 1 is 0.963 bits per heavy atom. The van der Waals surface area contributed by atoms with Crippen LogP contribution in [0.1, 0.15) is 88.5 Å². The van der Waals surface area contributed by atoms with Crippen molar-refractivity contribution in [3.8, 4) is 0 Å². The summed E-state index contributed by atoms with van der Waals surface area (Å²) in [4.78, 5) is 67.1. The highest BCUT2D eigenvalue weighted by Gasteiger charge is 2.75. The summed E-state index contributed by atoms with van der Waals surface area (Å²) in [5.74, 6) is -4.93. The predicted molar refractivity (Wildman–Crippen MR) is 190 cm³/mol. The first-order chi connectivity index (χ1) is 24.7. The molecule has 54 heavy (non-hydrogen) atoms. The second-order valence-corrected chi connectivity index (χ2v) is 17.8. The third-order valence-electron chi connectivity index (χ3n) is 13.6. The first kappa shape index (κ1) is 41.9. The van der Waals surface area contributed by atoms with Crippen LogP contribution < -0.4 is 0 Å². The molecule has 14 heteroatoms. The van der Waals surface area contributed by atoms with Gasteiger partial charge in [0.2, 0.25) is 12.1 Å². The van der Waals surface area contributed by atoms with Gasteiger partial charge in [-0.25, -0.2) is 0 Å². The smallest absolute Gasteiger partial charge is 0.303 e. The highest BCUT2D eigenvalue weighted by atomic mass is 16.7. The largest absolute Gasteiger partial charge is 0.462 e. The molecule has 1 saturated heterocycles. The molecule has 1 aliphatic heterocycles. The number of fused-ring (bicyclic) bond motifs is 5. The molecule has 0 aromatic rings. The van der Waals surface area contributed by atoms with Gasteiger partial charge in [-0.3, -0.25) is 24.0 Å². The molecule has 0 aromatic heterocycles. The van der Waals surface area contributed by atoms with Crippen LogP contribution in [-0.4, -0.2) is 109 Å². The van der Waals surface area contributed by atoms with Crippen molar-refractivity contribution in [2.75, 3.05) is 6.61 Å². The van der Waals surface area contributed by atoms with Gasteiger partial charge in [0.25, 0.3) is 0 Å². The lowest BCUT2D eigenvalue weighted by molar-refractivity contribution is -0.291. The molecular weight excluding hydrogens is 704 g/mol. The van der Waals surface area contributed by atoms with E-state index in [0.29, 0.717) is 12.0 Å². The number of ketones is 3. The maximum absolute atomic E-state index is 15.0. The highest BCUT2D eigenvalue weighted by molar-refractivity contribution is 6.02. The number of hydrogen-bond donors (Lipinski definition) is 5. The SMILES string of the molecule is CC(=O)OC1CC2(C)C3CC=C4C(C=C(OC5OC(CO)C(O)C(O)C5O)C(=O)C4(C)C)C3(C)C(=O)CC2(C)C1C(C)(O)C(=O)C=CC(C)(C)OC(C)=O.